The van der Waals surface area contributed by atoms with Gasteiger partial charge >= 0.3 is 0 Å². The van der Waals surface area contributed by atoms with Crippen molar-refractivity contribution in [3.8, 4) is 0 Å². The summed E-state index contributed by atoms with van der Waals surface area (Å²) in [7, 11) is 0. The minimum absolute atomic E-state index is 0.0467. The van der Waals surface area contributed by atoms with Gasteiger partial charge in [0.05, 0.1) is 13.0 Å². The average Bonchev–Trinajstić information content (AvgIpc) is 2.38. The lowest BCUT2D eigenvalue weighted by Gasteiger charge is -2.36. The van der Waals surface area contributed by atoms with Gasteiger partial charge in [-0.15, -0.1) is 0 Å². The van der Waals surface area contributed by atoms with Gasteiger partial charge in [0.25, 0.3) is 5.91 Å². The maximum atomic E-state index is 11.7. The molecule has 1 aromatic carbocycles. The fraction of sp³-hybridized carbons (Fsp3) is 0.286. The summed E-state index contributed by atoms with van der Waals surface area (Å²) >= 11 is 0. The molecule has 2 amide bonds. The third-order valence-corrected chi connectivity index (χ3v) is 2.83. The van der Waals surface area contributed by atoms with E-state index in [-0.39, 0.29) is 17.9 Å². The lowest BCUT2D eigenvalue weighted by molar-refractivity contribution is -0.142. The van der Waals surface area contributed by atoms with E-state index in [1.807, 2.05) is 37.3 Å². The van der Waals surface area contributed by atoms with Crippen LogP contribution in [0.15, 0.2) is 42.6 Å². The summed E-state index contributed by atoms with van der Waals surface area (Å²) in [5, 5.41) is 2.74. The van der Waals surface area contributed by atoms with Crippen molar-refractivity contribution in [2.75, 3.05) is 6.54 Å². The molecule has 0 spiro atoms. The molecule has 1 unspecified atom stereocenters. The van der Waals surface area contributed by atoms with Gasteiger partial charge in [0.2, 0.25) is 5.91 Å². The van der Waals surface area contributed by atoms with Crippen LogP contribution in [0.4, 0.5) is 0 Å². The molecule has 0 saturated carbocycles. The summed E-state index contributed by atoms with van der Waals surface area (Å²) in [4.78, 5) is 24.9. The molecule has 94 valence electrons. The quantitative estimate of drug-likeness (QED) is 0.806. The van der Waals surface area contributed by atoms with Crippen LogP contribution in [-0.2, 0) is 16.0 Å². The van der Waals surface area contributed by atoms with Crippen LogP contribution >= 0.6 is 0 Å². The summed E-state index contributed by atoms with van der Waals surface area (Å²) < 4.78 is 0. The van der Waals surface area contributed by atoms with Crippen molar-refractivity contribution in [1.29, 1.82) is 0 Å². The highest BCUT2D eigenvalue weighted by molar-refractivity contribution is 5.93. The number of benzene rings is 1. The second-order valence-corrected chi connectivity index (χ2v) is 4.26. The zero-order valence-corrected chi connectivity index (χ0v) is 10.3. The first kappa shape index (κ1) is 12.4. The molecular weight excluding hydrogens is 228 g/mol. The molecule has 1 saturated heterocycles. The lowest BCUT2D eigenvalue weighted by atomic mass is 10.1. The Hall–Kier alpha value is -2.10. The van der Waals surface area contributed by atoms with Crippen molar-refractivity contribution in [2.45, 2.75) is 19.4 Å². The highest BCUT2D eigenvalue weighted by Crippen LogP contribution is 2.11. The maximum Gasteiger partial charge on any atom is 0.251 e. The first-order chi connectivity index (χ1) is 8.70. The highest BCUT2D eigenvalue weighted by Gasteiger charge is 2.35. The Morgan fingerprint density at radius 3 is 2.78 bits per heavy atom. The number of carbonyl (C=O) groups excluding carboxylic acids is 2. The molecule has 2 rings (SSSR count). The van der Waals surface area contributed by atoms with Crippen LogP contribution in [0.2, 0.25) is 0 Å². The van der Waals surface area contributed by atoms with Gasteiger partial charge in [-0.25, -0.2) is 0 Å². The molecule has 1 aromatic rings. The zero-order valence-electron chi connectivity index (χ0n) is 10.3. The van der Waals surface area contributed by atoms with Crippen LogP contribution < -0.4 is 5.32 Å². The number of allylic oxidation sites excluding steroid dienone is 1. The van der Waals surface area contributed by atoms with Gasteiger partial charge in [-0.05, 0) is 12.5 Å². The topological polar surface area (TPSA) is 49.4 Å². The van der Waals surface area contributed by atoms with Gasteiger partial charge in [-0.1, -0.05) is 36.4 Å². The molecule has 0 bridgehead atoms. The van der Waals surface area contributed by atoms with Gasteiger partial charge in [0.15, 0.2) is 0 Å². The Labute approximate surface area is 106 Å². The van der Waals surface area contributed by atoms with Gasteiger partial charge in [-0.2, -0.15) is 0 Å². The molecule has 1 atom stereocenters. The summed E-state index contributed by atoms with van der Waals surface area (Å²) in [5.74, 6) is -0.158. The number of nitrogens with one attached hydrogen (secondary N) is 1. The number of hydrogen-bond acceptors (Lipinski definition) is 2. The van der Waals surface area contributed by atoms with E-state index in [0.717, 1.165) is 5.56 Å². The first-order valence-electron chi connectivity index (χ1n) is 5.97. The molecule has 0 aromatic heterocycles. The van der Waals surface area contributed by atoms with Crippen LogP contribution in [0.3, 0.4) is 0 Å². The van der Waals surface area contributed by atoms with Crippen molar-refractivity contribution in [3.63, 3.8) is 0 Å². The normalized spacial score (nSPS) is 18.8. The number of rotatable bonds is 4. The van der Waals surface area contributed by atoms with Crippen molar-refractivity contribution in [2.24, 2.45) is 0 Å². The van der Waals surface area contributed by atoms with Gasteiger partial charge in [0.1, 0.15) is 6.04 Å². The van der Waals surface area contributed by atoms with Crippen molar-refractivity contribution >= 4 is 11.8 Å². The first-order valence-corrected chi connectivity index (χ1v) is 5.97. The summed E-state index contributed by atoms with van der Waals surface area (Å²) in [6.07, 6.45) is 3.84. The summed E-state index contributed by atoms with van der Waals surface area (Å²) in [5.41, 5.74) is 0.951. The second kappa shape index (κ2) is 5.49. The van der Waals surface area contributed by atoms with E-state index >= 15 is 0 Å². The smallest absolute Gasteiger partial charge is 0.251 e. The van der Waals surface area contributed by atoms with Crippen LogP contribution in [-0.4, -0.2) is 29.3 Å². The van der Waals surface area contributed by atoms with E-state index in [9.17, 15) is 9.59 Å². The zero-order chi connectivity index (χ0) is 13.0. The summed E-state index contributed by atoms with van der Waals surface area (Å²) in [6, 6.07) is 9.13. The van der Waals surface area contributed by atoms with Crippen LogP contribution in [0.5, 0.6) is 0 Å². The second-order valence-electron chi connectivity index (χ2n) is 4.26. The van der Waals surface area contributed by atoms with E-state index in [4.69, 9.17) is 0 Å². The SMILES string of the molecule is C/C=C\N1CC(NC(=O)Cc2ccccc2)C1=O. The molecule has 1 N–H and O–H groups in total. The highest BCUT2D eigenvalue weighted by atomic mass is 16.2. The van der Waals surface area contributed by atoms with E-state index in [1.165, 1.54) is 0 Å². The molecule has 1 heterocycles. The minimum atomic E-state index is -0.364. The van der Waals surface area contributed by atoms with Crippen LogP contribution in [0, 0.1) is 0 Å². The third-order valence-electron chi connectivity index (χ3n) is 2.83. The Morgan fingerprint density at radius 1 is 1.44 bits per heavy atom. The Morgan fingerprint density at radius 2 is 2.17 bits per heavy atom. The largest absolute Gasteiger partial charge is 0.342 e. The molecule has 4 nitrogen and oxygen atoms in total. The van der Waals surface area contributed by atoms with E-state index in [1.54, 1.807) is 17.2 Å². The van der Waals surface area contributed by atoms with Crippen molar-refractivity contribution in [1.82, 2.24) is 10.2 Å². The Bertz CT molecular complexity index is 468. The van der Waals surface area contributed by atoms with E-state index in [0.29, 0.717) is 13.0 Å². The number of hydrogen-bond donors (Lipinski definition) is 1. The fourth-order valence-corrected chi connectivity index (χ4v) is 1.90. The average molecular weight is 244 g/mol. The molecular formula is C14H16N2O2. The van der Waals surface area contributed by atoms with Crippen LogP contribution in [0.1, 0.15) is 12.5 Å². The predicted octanol–water partition coefficient (Wildman–Crippen LogP) is 1.09. The van der Waals surface area contributed by atoms with Crippen LogP contribution in [0.25, 0.3) is 0 Å². The number of nitrogens with zero attached hydrogens (tertiary/aromatic N) is 1. The van der Waals surface area contributed by atoms with E-state index in [2.05, 4.69) is 5.32 Å². The third kappa shape index (κ3) is 2.77. The molecule has 0 aliphatic carbocycles. The van der Waals surface area contributed by atoms with Gasteiger partial charge < -0.3 is 10.2 Å². The molecule has 1 fully saturated rings. The van der Waals surface area contributed by atoms with E-state index < -0.39 is 0 Å². The standard InChI is InChI=1S/C14H16N2O2/c1-2-8-16-10-12(14(16)18)15-13(17)9-11-6-4-3-5-7-11/h2-8,12H,9-10H2,1H3,(H,15,17)/b8-2-. The monoisotopic (exact) mass is 244 g/mol. The molecule has 18 heavy (non-hydrogen) atoms. The fourth-order valence-electron chi connectivity index (χ4n) is 1.90. The molecule has 1 aliphatic heterocycles. The van der Waals surface area contributed by atoms with Crippen molar-refractivity contribution in [3.05, 3.63) is 48.2 Å². The summed E-state index contributed by atoms with van der Waals surface area (Å²) in [6.45, 7) is 2.41. The van der Waals surface area contributed by atoms with Gasteiger partial charge in [0, 0.05) is 6.20 Å². The maximum absolute atomic E-state index is 11.7. The Balaban J connectivity index is 1.81. The Kier molecular flexibility index (Phi) is 3.77. The predicted molar refractivity (Wildman–Crippen MR) is 68.6 cm³/mol. The minimum Gasteiger partial charge on any atom is -0.342 e. The number of carbonyl (C=O) groups is 2. The van der Waals surface area contributed by atoms with Crippen molar-refractivity contribution < 1.29 is 9.59 Å². The number of likely N-dealkylation sites (tertiary alicyclic amines) is 1. The number of β-lactam (4-membered cyclic amide) rings is 1. The molecule has 1 aliphatic rings. The van der Waals surface area contributed by atoms with Gasteiger partial charge in [-0.3, -0.25) is 9.59 Å². The molecule has 4 heteroatoms. The lowest BCUT2D eigenvalue weighted by Crippen LogP contribution is -2.61. The molecule has 0 radical (unpaired) electrons. The number of amides is 2.